The number of anilines is 1. The normalized spacial score (nSPS) is 11.0. The highest BCUT2D eigenvalue weighted by Crippen LogP contribution is 2.32. The highest BCUT2D eigenvalue weighted by Gasteiger charge is 2.39. The summed E-state index contributed by atoms with van der Waals surface area (Å²) in [7, 11) is 1.25. The van der Waals surface area contributed by atoms with Crippen LogP contribution in [0.5, 0.6) is 5.75 Å². The van der Waals surface area contributed by atoms with Crippen molar-refractivity contribution in [1.29, 1.82) is 0 Å². The molecule has 0 fully saturated rings. The molecule has 2 N–H and O–H groups in total. The molecule has 0 radical (unpaired) electrons. The smallest absolute Gasteiger partial charge is 0.471 e. The number of hydrogen-bond donors (Lipinski definition) is 2. The predicted molar refractivity (Wildman–Crippen MR) is 62.3 cm³/mol. The van der Waals surface area contributed by atoms with E-state index in [9.17, 15) is 22.8 Å². The number of aromatic carboxylic acids is 1. The van der Waals surface area contributed by atoms with Gasteiger partial charge in [-0.3, -0.25) is 4.79 Å². The van der Waals surface area contributed by atoms with E-state index in [1.807, 2.05) is 0 Å². The van der Waals surface area contributed by atoms with Crippen LogP contribution in [-0.2, 0) is 4.79 Å². The number of ether oxygens (including phenoxy) is 1. The van der Waals surface area contributed by atoms with Gasteiger partial charge in [-0.05, 0) is 22.0 Å². The number of rotatable bonds is 3. The SMILES string of the molecule is COc1cc(NC(=O)C(F)(F)F)c(C(=O)O)cc1Br. The number of alkyl halides is 3. The van der Waals surface area contributed by atoms with Crippen LogP contribution in [0, 0.1) is 0 Å². The fourth-order valence-corrected chi connectivity index (χ4v) is 1.69. The van der Waals surface area contributed by atoms with Crippen LogP contribution < -0.4 is 10.1 Å². The summed E-state index contributed by atoms with van der Waals surface area (Å²) < 4.78 is 41.4. The molecule has 1 amide bonds. The van der Waals surface area contributed by atoms with Gasteiger partial charge in [-0.2, -0.15) is 13.2 Å². The molecule has 0 saturated carbocycles. The molecule has 104 valence electrons. The van der Waals surface area contributed by atoms with E-state index in [4.69, 9.17) is 9.84 Å². The van der Waals surface area contributed by atoms with Crippen LogP contribution in [0.4, 0.5) is 18.9 Å². The van der Waals surface area contributed by atoms with Gasteiger partial charge in [0.05, 0.1) is 22.8 Å². The van der Waals surface area contributed by atoms with Gasteiger partial charge in [-0.25, -0.2) is 4.79 Å². The topological polar surface area (TPSA) is 75.6 Å². The maximum Gasteiger partial charge on any atom is 0.471 e. The quantitative estimate of drug-likeness (QED) is 0.886. The molecule has 1 rings (SSSR count). The molecule has 0 aliphatic rings. The van der Waals surface area contributed by atoms with E-state index in [-0.39, 0.29) is 10.2 Å². The van der Waals surface area contributed by atoms with Gasteiger partial charge in [0.25, 0.3) is 0 Å². The molecular weight excluding hydrogens is 335 g/mol. The minimum absolute atomic E-state index is 0.0856. The third-order valence-electron chi connectivity index (χ3n) is 2.03. The van der Waals surface area contributed by atoms with Gasteiger partial charge in [-0.1, -0.05) is 0 Å². The molecule has 9 heteroatoms. The van der Waals surface area contributed by atoms with Crippen molar-refractivity contribution in [2.75, 3.05) is 12.4 Å². The lowest BCUT2D eigenvalue weighted by molar-refractivity contribution is -0.167. The van der Waals surface area contributed by atoms with Crippen molar-refractivity contribution in [3.05, 3.63) is 22.2 Å². The van der Waals surface area contributed by atoms with Gasteiger partial charge in [0.1, 0.15) is 5.75 Å². The number of benzene rings is 1. The van der Waals surface area contributed by atoms with Gasteiger partial charge in [0.2, 0.25) is 0 Å². The Hall–Kier alpha value is -1.77. The second kappa shape index (κ2) is 5.47. The summed E-state index contributed by atoms with van der Waals surface area (Å²) in [4.78, 5) is 21.7. The second-order valence-corrected chi connectivity index (χ2v) is 4.14. The first kappa shape index (κ1) is 15.3. The number of amides is 1. The van der Waals surface area contributed by atoms with Crippen molar-refractivity contribution in [2.24, 2.45) is 0 Å². The predicted octanol–water partition coefficient (Wildman–Crippen LogP) is 2.66. The van der Waals surface area contributed by atoms with Crippen LogP contribution in [0.25, 0.3) is 0 Å². The molecule has 0 atom stereocenters. The number of carbonyl (C=O) groups is 2. The first-order valence-electron chi connectivity index (χ1n) is 4.65. The lowest BCUT2D eigenvalue weighted by Crippen LogP contribution is -2.30. The van der Waals surface area contributed by atoms with Gasteiger partial charge in [0, 0.05) is 6.07 Å². The summed E-state index contributed by atoms with van der Waals surface area (Å²) in [5, 5.41) is 10.4. The van der Waals surface area contributed by atoms with Crippen LogP contribution in [-0.4, -0.2) is 30.3 Å². The molecule has 19 heavy (non-hydrogen) atoms. The largest absolute Gasteiger partial charge is 0.495 e. The van der Waals surface area contributed by atoms with Crippen molar-refractivity contribution in [2.45, 2.75) is 6.18 Å². The standard InChI is InChI=1S/C10H7BrF3NO4/c1-19-7-3-6(15-9(18)10(12,13)14)4(8(16)17)2-5(7)11/h2-3H,1H3,(H,15,18)(H,16,17). The Kier molecular flexibility index (Phi) is 4.40. The summed E-state index contributed by atoms with van der Waals surface area (Å²) in [6.07, 6.45) is -5.11. The van der Waals surface area contributed by atoms with E-state index in [1.165, 1.54) is 12.4 Å². The maximum absolute atomic E-state index is 12.1. The molecule has 0 aromatic heterocycles. The van der Waals surface area contributed by atoms with Crippen LogP contribution >= 0.6 is 15.9 Å². The van der Waals surface area contributed by atoms with Crippen LogP contribution in [0.1, 0.15) is 10.4 Å². The maximum atomic E-state index is 12.1. The van der Waals surface area contributed by atoms with Crippen molar-refractivity contribution >= 4 is 33.5 Å². The summed E-state index contributed by atoms with van der Waals surface area (Å²) in [5.74, 6) is -3.66. The van der Waals surface area contributed by atoms with E-state index >= 15 is 0 Å². The number of methoxy groups -OCH3 is 1. The molecule has 0 spiro atoms. The third-order valence-corrected chi connectivity index (χ3v) is 2.65. The number of hydrogen-bond acceptors (Lipinski definition) is 3. The minimum Gasteiger partial charge on any atom is -0.495 e. The highest BCUT2D eigenvalue weighted by molar-refractivity contribution is 9.10. The molecule has 0 saturated heterocycles. The monoisotopic (exact) mass is 341 g/mol. The van der Waals surface area contributed by atoms with Crippen LogP contribution in [0.15, 0.2) is 16.6 Å². The molecule has 5 nitrogen and oxygen atoms in total. The molecule has 0 heterocycles. The number of halogens is 4. The Morgan fingerprint density at radius 1 is 1.37 bits per heavy atom. The number of carbonyl (C=O) groups excluding carboxylic acids is 1. The highest BCUT2D eigenvalue weighted by atomic mass is 79.9. The van der Waals surface area contributed by atoms with Gasteiger partial charge in [-0.15, -0.1) is 0 Å². The molecule has 0 unspecified atom stereocenters. The zero-order valence-corrected chi connectivity index (χ0v) is 10.9. The number of nitrogens with one attached hydrogen (secondary N) is 1. The summed E-state index contributed by atoms with van der Waals surface area (Å²) in [6.45, 7) is 0. The Morgan fingerprint density at radius 2 is 1.95 bits per heavy atom. The fraction of sp³-hybridized carbons (Fsp3) is 0.200. The minimum atomic E-state index is -5.11. The molecule has 1 aromatic carbocycles. The Balaban J connectivity index is 3.25. The van der Waals surface area contributed by atoms with E-state index in [0.717, 1.165) is 12.1 Å². The molecule has 0 aliphatic carbocycles. The van der Waals surface area contributed by atoms with Crippen molar-refractivity contribution in [3.8, 4) is 5.75 Å². The summed E-state index contributed by atoms with van der Waals surface area (Å²) in [6, 6.07) is 2.02. The van der Waals surface area contributed by atoms with Crippen LogP contribution in [0.3, 0.4) is 0 Å². The van der Waals surface area contributed by atoms with Crippen LogP contribution in [0.2, 0.25) is 0 Å². The Bertz CT molecular complexity index is 530. The molecule has 0 aliphatic heterocycles. The third kappa shape index (κ3) is 3.60. The molecule has 0 bridgehead atoms. The van der Waals surface area contributed by atoms with E-state index < -0.39 is 29.3 Å². The van der Waals surface area contributed by atoms with E-state index in [1.54, 1.807) is 0 Å². The average molecular weight is 342 g/mol. The van der Waals surface area contributed by atoms with Gasteiger partial charge >= 0.3 is 18.1 Å². The fourth-order valence-electron chi connectivity index (χ4n) is 1.18. The van der Waals surface area contributed by atoms with Gasteiger partial charge < -0.3 is 15.2 Å². The van der Waals surface area contributed by atoms with E-state index in [0.29, 0.717) is 0 Å². The van der Waals surface area contributed by atoms with E-state index in [2.05, 4.69) is 15.9 Å². The molecule has 1 aromatic rings. The zero-order valence-electron chi connectivity index (χ0n) is 9.34. The van der Waals surface area contributed by atoms with Crippen molar-refractivity contribution in [3.63, 3.8) is 0 Å². The first-order chi connectivity index (χ1) is 8.66. The summed E-state index contributed by atoms with van der Waals surface area (Å²) >= 11 is 2.99. The van der Waals surface area contributed by atoms with Crippen molar-refractivity contribution < 1.29 is 32.6 Å². The zero-order chi connectivity index (χ0) is 14.8. The number of carboxylic acid groups (broad SMARTS) is 1. The Morgan fingerprint density at radius 3 is 2.37 bits per heavy atom. The van der Waals surface area contributed by atoms with Crippen molar-refractivity contribution in [1.82, 2.24) is 0 Å². The number of carboxylic acids is 1. The average Bonchev–Trinajstić information content (AvgIpc) is 2.29. The lowest BCUT2D eigenvalue weighted by atomic mass is 10.1. The first-order valence-corrected chi connectivity index (χ1v) is 5.45. The molecular formula is C10H7BrF3NO4. The Labute approximate surface area is 113 Å². The summed E-state index contributed by atoms with van der Waals surface area (Å²) in [5.41, 5.74) is -1.000. The van der Waals surface area contributed by atoms with Gasteiger partial charge in [0.15, 0.2) is 0 Å². The second-order valence-electron chi connectivity index (χ2n) is 3.29. The lowest BCUT2D eigenvalue weighted by Gasteiger charge is -2.13.